The van der Waals surface area contributed by atoms with E-state index in [1.54, 1.807) is 0 Å². The molecule has 1 aromatic rings. The lowest BCUT2D eigenvalue weighted by Crippen LogP contribution is -2.51. The minimum atomic E-state index is 0.106. The Hall–Kier alpha value is -2.04. The second-order valence-electron chi connectivity index (χ2n) is 7.71. The van der Waals surface area contributed by atoms with Crippen LogP contribution < -0.4 is 4.90 Å². The van der Waals surface area contributed by atoms with Crippen LogP contribution in [-0.2, 0) is 9.59 Å². The maximum Gasteiger partial charge on any atom is 0.225 e. The van der Waals surface area contributed by atoms with Gasteiger partial charge in [-0.05, 0) is 51.7 Å². The van der Waals surface area contributed by atoms with Crippen molar-refractivity contribution in [2.24, 2.45) is 11.8 Å². The Kier molecular flexibility index (Phi) is 6.75. The van der Waals surface area contributed by atoms with E-state index in [2.05, 4.69) is 29.2 Å². The molecule has 1 heterocycles. The summed E-state index contributed by atoms with van der Waals surface area (Å²) in [4.78, 5) is 31.8. The van der Waals surface area contributed by atoms with Gasteiger partial charge >= 0.3 is 0 Å². The summed E-state index contributed by atoms with van der Waals surface area (Å²) in [5, 5.41) is 0. The Labute approximate surface area is 163 Å². The van der Waals surface area contributed by atoms with Crippen LogP contribution in [0.25, 0.3) is 0 Å². The summed E-state index contributed by atoms with van der Waals surface area (Å²) in [5.41, 5.74) is 1.24. The summed E-state index contributed by atoms with van der Waals surface area (Å²) in [6.45, 7) is 9.01. The summed E-state index contributed by atoms with van der Waals surface area (Å²) >= 11 is 0. The average molecular weight is 372 g/mol. The minimum absolute atomic E-state index is 0.106. The van der Waals surface area contributed by atoms with Crippen molar-refractivity contribution < 1.29 is 9.59 Å². The number of para-hydroxylation sites is 1. The summed E-state index contributed by atoms with van der Waals surface area (Å²) in [6, 6.07) is 10.4. The van der Waals surface area contributed by atoms with Gasteiger partial charge in [-0.15, -0.1) is 0 Å². The van der Waals surface area contributed by atoms with Crippen LogP contribution in [0.5, 0.6) is 0 Å². The second kappa shape index (κ2) is 9.25. The van der Waals surface area contributed by atoms with Gasteiger partial charge in [0.1, 0.15) is 0 Å². The van der Waals surface area contributed by atoms with Crippen LogP contribution in [0.3, 0.4) is 0 Å². The van der Waals surface area contributed by atoms with E-state index in [1.165, 1.54) is 5.69 Å². The molecule has 1 aromatic carbocycles. The number of rotatable bonds is 5. The summed E-state index contributed by atoms with van der Waals surface area (Å²) in [7, 11) is 0. The number of amides is 2. The van der Waals surface area contributed by atoms with Gasteiger partial charge in [0.25, 0.3) is 0 Å². The lowest BCUT2D eigenvalue weighted by atomic mass is 9.80. The fourth-order valence-electron chi connectivity index (χ4n) is 4.46. The van der Waals surface area contributed by atoms with Gasteiger partial charge in [-0.25, -0.2) is 0 Å². The second-order valence-corrected chi connectivity index (χ2v) is 7.71. The Morgan fingerprint density at radius 1 is 0.889 bits per heavy atom. The monoisotopic (exact) mass is 371 g/mol. The van der Waals surface area contributed by atoms with Crippen LogP contribution in [0.15, 0.2) is 30.3 Å². The van der Waals surface area contributed by atoms with Crippen molar-refractivity contribution in [2.45, 2.75) is 39.5 Å². The molecule has 0 radical (unpaired) electrons. The number of benzene rings is 1. The van der Waals surface area contributed by atoms with Gasteiger partial charge in [0.05, 0.1) is 0 Å². The Bertz CT molecular complexity index is 614. The van der Waals surface area contributed by atoms with Crippen molar-refractivity contribution in [3.05, 3.63) is 30.3 Å². The molecule has 2 aliphatic rings. The molecule has 2 amide bonds. The largest absolute Gasteiger partial charge is 0.368 e. The Morgan fingerprint density at radius 2 is 1.44 bits per heavy atom. The fourth-order valence-corrected chi connectivity index (χ4v) is 4.46. The van der Waals surface area contributed by atoms with Crippen molar-refractivity contribution in [3.8, 4) is 0 Å². The van der Waals surface area contributed by atoms with Gasteiger partial charge in [0, 0.05) is 56.8 Å². The molecular formula is C22H33N3O2. The van der Waals surface area contributed by atoms with Gasteiger partial charge < -0.3 is 14.7 Å². The van der Waals surface area contributed by atoms with E-state index in [-0.39, 0.29) is 17.7 Å². The number of hydrogen-bond acceptors (Lipinski definition) is 3. The first kappa shape index (κ1) is 19.7. The zero-order valence-electron chi connectivity index (χ0n) is 16.8. The Morgan fingerprint density at radius 3 is 2.00 bits per heavy atom. The molecule has 148 valence electrons. The van der Waals surface area contributed by atoms with Crippen molar-refractivity contribution in [1.82, 2.24) is 9.80 Å². The van der Waals surface area contributed by atoms with E-state index < -0.39 is 0 Å². The van der Waals surface area contributed by atoms with Crippen LogP contribution >= 0.6 is 0 Å². The quantitative estimate of drug-likeness (QED) is 0.799. The number of carbonyl (C=O) groups is 2. The van der Waals surface area contributed by atoms with E-state index >= 15 is 0 Å². The molecule has 5 nitrogen and oxygen atoms in total. The van der Waals surface area contributed by atoms with Crippen LogP contribution in [0.4, 0.5) is 5.69 Å². The molecule has 0 spiro atoms. The smallest absolute Gasteiger partial charge is 0.225 e. The zero-order chi connectivity index (χ0) is 19.2. The van der Waals surface area contributed by atoms with Crippen LogP contribution in [0.1, 0.15) is 39.5 Å². The molecule has 1 aliphatic carbocycles. The number of anilines is 1. The molecule has 0 atom stereocenters. The van der Waals surface area contributed by atoms with Crippen LogP contribution in [-0.4, -0.2) is 60.9 Å². The molecule has 0 bridgehead atoms. The van der Waals surface area contributed by atoms with Crippen molar-refractivity contribution in [2.75, 3.05) is 44.2 Å². The Balaban J connectivity index is 1.47. The average Bonchev–Trinajstić information content (AvgIpc) is 2.75. The van der Waals surface area contributed by atoms with E-state index in [0.29, 0.717) is 5.91 Å². The molecule has 1 aliphatic heterocycles. The van der Waals surface area contributed by atoms with Crippen LogP contribution in [0.2, 0.25) is 0 Å². The van der Waals surface area contributed by atoms with E-state index in [9.17, 15) is 9.59 Å². The molecular weight excluding hydrogens is 338 g/mol. The molecule has 5 heteroatoms. The molecule has 1 saturated heterocycles. The lowest BCUT2D eigenvalue weighted by molar-refractivity contribution is -0.141. The maximum atomic E-state index is 12.9. The first-order chi connectivity index (χ1) is 13.1. The lowest BCUT2D eigenvalue weighted by Gasteiger charge is -2.39. The zero-order valence-corrected chi connectivity index (χ0v) is 16.8. The van der Waals surface area contributed by atoms with Crippen LogP contribution in [0, 0.1) is 11.8 Å². The third kappa shape index (κ3) is 4.63. The summed E-state index contributed by atoms with van der Waals surface area (Å²) in [5.74, 6) is 0.803. The minimum Gasteiger partial charge on any atom is -0.368 e. The van der Waals surface area contributed by atoms with Gasteiger partial charge in [0.2, 0.25) is 11.8 Å². The third-order valence-corrected chi connectivity index (χ3v) is 6.21. The number of carbonyl (C=O) groups excluding carboxylic acids is 2. The van der Waals surface area contributed by atoms with Gasteiger partial charge in [-0.3, -0.25) is 9.59 Å². The number of piperazine rings is 1. The van der Waals surface area contributed by atoms with Crippen molar-refractivity contribution in [1.29, 1.82) is 0 Å². The molecule has 1 saturated carbocycles. The molecule has 3 rings (SSSR count). The molecule has 0 unspecified atom stereocenters. The standard InChI is InChI=1S/C22H33N3O2/c1-3-23(4-2)21(26)18-10-12-19(13-11-18)22(27)25-16-14-24(15-17-25)20-8-6-5-7-9-20/h5-9,18-19H,3-4,10-17H2,1-2H3. The third-order valence-electron chi connectivity index (χ3n) is 6.21. The first-order valence-corrected chi connectivity index (χ1v) is 10.5. The fraction of sp³-hybridized carbons (Fsp3) is 0.636. The maximum absolute atomic E-state index is 12.9. The number of nitrogens with zero attached hydrogens (tertiary/aromatic N) is 3. The van der Waals surface area contributed by atoms with Gasteiger partial charge in [0.15, 0.2) is 0 Å². The predicted octanol–water partition coefficient (Wildman–Crippen LogP) is 3.01. The molecule has 0 N–H and O–H groups in total. The summed E-state index contributed by atoms with van der Waals surface area (Å²) in [6.07, 6.45) is 3.43. The van der Waals surface area contributed by atoms with E-state index in [1.807, 2.05) is 29.7 Å². The number of hydrogen-bond donors (Lipinski definition) is 0. The topological polar surface area (TPSA) is 43.9 Å². The highest BCUT2D eigenvalue weighted by Crippen LogP contribution is 2.31. The van der Waals surface area contributed by atoms with Crippen molar-refractivity contribution >= 4 is 17.5 Å². The highest BCUT2D eigenvalue weighted by atomic mass is 16.2. The SMILES string of the molecule is CCN(CC)C(=O)C1CCC(C(=O)N2CCN(c3ccccc3)CC2)CC1. The highest BCUT2D eigenvalue weighted by molar-refractivity contribution is 5.81. The molecule has 27 heavy (non-hydrogen) atoms. The van der Waals surface area contributed by atoms with E-state index in [4.69, 9.17) is 0 Å². The first-order valence-electron chi connectivity index (χ1n) is 10.5. The molecule has 0 aromatic heterocycles. The van der Waals surface area contributed by atoms with E-state index in [0.717, 1.165) is 65.0 Å². The molecule has 2 fully saturated rings. The van der Waals surface area contributed by atoms with Gasteiger partial charge in [-0.2, -0.15) is 0 Å². The van der Waals surface area contributed by atoms with Gasteiger partial charge in [-0.1, -0.05) is 18.2 Å². The predicted molar refractivity (Wildman–Crippen MR) is 109 cm³/mol. The highest BCUT2D eigenvalue weighted by Gasteiger charge is 2.34. The van der Waals surface area contributed by atoms with Crippen molar-refractivity contribution in [3.63, 3.8) is 0 Å². The summed E-state index contributed by atoms with van der Waals surface area (Å²) < 4.78 is 0. The normalized spacial score (nSPS) is 23.2.